The van der Waals surface area contributed by atoms with Gasteiger partial charge < -0.3 is 34.6 Å². The van der Waals surface area contributed by atoms with E-state index in [1.54, 1.807) is 30.3 Å². The molecule has 0 spiro atoms. The third kappa shape index (κ3) is 6.00. The van der Waals surface area contributed by atoms with Crippen LogP contribution in [0, 0.1) is 5.82 Å². The van der Waals surface area contributed by atoms with E-state index in [-0.39, 0.29) is 35.9 Å². The lowest BCUT2D eigenvalue weighted by Crippen LogP contribution is -3.00. The molecular formula is C23H20Cl2FN2O3P. The molecule has 2 aromatic carbocycles. The Morgan fingerprint density at radius 2 is 1.28 bits per heavy atom. The Labute approximate surface area is 197 Å². The first-order valence-electron chi connectivity index (χ1n) is 9.31. The van der Waals surface area contributed by atoms with Crippen LogP contribution in [0.25, 0.3) is 16.8 Å². The molecule has 0 bridgehead atoms. The van der Waals surface area contributed by atoms with Crippen molar-refractivity contribution in [2.24, 2.45) is 0 Å². The largest absolute Gasteiger partial charge is 1.00 e. The van der Waals surface area contributed by atoms with Gasteiger partial charge in [0.25, 0.3) is 0 Å². The van der Waals surface area contributed by atoms with E-state index in [9.17, 15) is 18.7 Å². The number of pyridine rings is 2. The van der Waals surface area contributed by atoms with Gasteiger partial charge in [-0.05, 0) is 29.3 Å². The third-order valence-electron chi connectivity index (χ3n) is 4.84. The number of hydrogen-bond acceptors (Lipinski definition) is 1. The Morgan fingerprint density at radius 3 is 1.84 bits per heavy atom. The first-order valence-corrected chi connectivity index (χ1v) is 10.9. The predicted molar refractivity (Wildman–Crippen MR) is 111 cm³/mol. The highest BCUT2D eigenvalue weighted by Crippen LogP contribution is 2.34. The van der Waals surface area contributed by atoms with Crippen molar-refractivity contribution >= 4 is 12.9 Å². The minimum Gasteiger partial charge on any atom is -1.00 e. The van der Waals surface area contributed by atoms with Crippen molar-refractivity contribution in [1.29, 1.82) is 0 Å². The van der Waals surface area contributed by atoms with E-state index in [1.807, 2.05) is 58.2 Å². The third-order valence-corrected chi connectivity index (χ3v) is 5.90. The summed E-state index contributed by atoms with van der Waals surface area (Å²) in [6, 6.07) is 20.7. The lowest BCUT2D eigenvalue weighted by atomic mass is 10.1. The second kappa shape index (κ2) is 10.8. The average Bonchev–Trinajstić information content (AvgIpc) is 2.75. The number of aromatic nitrogens is 2. The van der Waals surface area contributed by atoms with Crippen molar-refractivity contribution in [3.05, 3.63) is 109 Å². The van der Waals surface area contributed by atoms with E-state index >= 15 is 0 Å². The molecule has 0 aliphatic rings. The maximum Gasteiger partial charge on any atom is 0.356 e. The first-order chi connectivity index (χ1) is 14.4. The lowest BCUT2D eigenvalue weighted by molar-refractivity contribution is -0.688. The zero-order chi connectivity index (χ0) is 21.1. The van der Waals surface area contributed by atoms with Gasteiger partial charge in [-0.2, -0.15) is 4.57 Å². The summed E-state index contributed by atoms with van der Waals surface area (Å²) in [4.78, 5) is 19.1. The molecule has 0 radical (unpaired) electrons. The van der Waals surface area contributed by atoms with Gasteiger partial charge in [0.2, 0.25) is 5.69 Å². The topological polar surface area (TPSA) is 65.3 Å². The Bertz CT molecular complexity index is 1220. The summed E-state index contributed by atoms with van der Waals surface area (Å²) in [7, 11) is -4.32. The van der Waals surface area contributed by atoms with E-state index in [1.165, 1.54) is 18.2 Å². The molecule has 0 aliphatic carbocycles. The molecule has 5 nitrogen and oxygen atoms in total. The molecular weight excluding hydrogens is 473 g/mol. The van der Waals surface area contributed by atoms with E-state index < -0.39 is 7.60 Å². The highest BCUT2D eigenvalue weighted by molar-refractivity contribution is 7.60. The summed E-state index contributed by atoms with van der Waals surface area (Å²) in [5.41, 5.74) is 3.50. The molecule has 0 fully saturated rings. The molecule has 4 aromatic rings. The predicted octanol–water partition coefficient (Wildman–Crippen LogP) is -3.08. The molecule has 166 valence electrons. The van der Waals surface area contributed by atoms with Gasteiger partial charge >= 0.3 is 7.60 Å². The van der Waals surface area contributed by atoms with Crippen molar-refractivity contribution in [3.8, 4) is 16.8 Å². The maximum atomic E-state index is 13.1. The fraction of sp³-hybridized carbons (Fsp3) is 0.0435. The van der Waals surface area contributed by atoms with Crippen molar-refractivity contribution in [2.45, 2.75) is 6.54 Å². The van der Waals surface area contributed by atoms with Crippen LogP contribution >= 0.6 is 7.60 Å². The van der Waals surface area contributed by atoms with Crippen molar-refractivity contribution < 1.29 is 52.7 Å². The Morgan fingerprint density at radius 1 is 0.750 bits per heavy atom. The van der Waals surface area contributed by atoms with Gasteiger partial charge in [0, 0.05) is 42.0 Å². The Hall–Kier alpha value is -2.60. The van der Waals surface area contributed by atoms with Crippen LogP contribution in [0.4, 0.5) is 4.39 Å². The summed E-state index contributed by atoms with van der Waals surface area (Å²) < 4.78 is 28.6. The molecule has 0 aliphatic heterocycles. The quantitative estimate of drug-likeness (QED) is 0.229. The average molecular weight is 493 g/mol. The monoisotopic (exact) mass is 492 g/mol. The van der Waals surface area contributed by atoms with Gasteiger partial charge in [-0.25, -0.2) is 8.96 Å². The van der Waals surface area contributed by atoms with Crippen molar-refractivity contribution in [2.75, 3.05) is 0 Å². The van der Waals surface area contributed by atoms with Gasteiger partial charge in [-0.1, -0.05) is 18.2 Å². The maximum absolute atomic E-state index is 13.1. The number of hydrogen-bond donors (Lipinski definition) is 2. The van der Waals surface area contributed by atoms with E-state index in [2.05, 4.69) is 0 Å². The molecule has 0 saturated carbocycles. The van der Waals surface area contributed by atoms with Crippen LogP contribution in [0.5, 0.6) is 0 Å². The fourth-order valence-electron chi connectivity index (χ4n) is 3.28. The van der Waals surface area contributed by atoms with Gasteiger partial charge in [0.05, 0.1) is 5.30 Å². The summed E-state index contributed by atoms with van der Waals surface area (Å²) in [5.74, 6) is -0.267. The van der Waals surface area contributed by atoms with Gasteiger partial charge in [0.1, 0.15) is 5.82 Å². The SMILES string of the molecule is O=P(O)(O)c1ccccc1C[n+]1ccc(-c2cc[n+](-c3ccc(F)cc3)cc2)cc1.[Cl-].[Cl-]. The summed E-state index contributed by atoms with van der Waals surface area (Å²) in [6.07, 6.45) is 7.60. The highest BCUT2D eigenvalue weighted by atomic mass is 35.5. The number of nitrogens with zero attached hydrogens (tertiary/aromatic N) is 2. The van der Waals surface area contributed by atoms with Crippen LogP contribution in [0.3, 0.4) is 0 Å². The number of rotatable bonds is 5. The van der Waals surface area contributed by atoms with Crippen molar-refractivity contribution in [3.63, 3.8) is 0 Å². The van der Waals surface area contributed by atoms with Crippen LogP contribution in [0.2, 0.25) is 0 Å². The Balaban J connectivity index is 0.00000181. The van der Waals surface area contributed by atoms with Gasteiger partial charge in [-0.15, -0.1) is 0 Å². The summed E-state index contributed by atoms with van der Waals surface area (Å²) >= 11 is 0. The molecule has 2 heterocycles. The number of halogens is 3. The number of benzene rings is 2. The first kappa shape index (κ1) is 25.7. The normalized spacial score (nSPS) is 10.7. The molecule has 0 saturated heterocycles. The smallest absolute Gasteiger partial charge is 0.356 e. The second-order valence-electron chi connectivity index (χ2n) is 6.90. The molecule has 0 atom stereocenters. The zero-order valence-corrected chi connectivity index (χ0v) is 19.1. The fourth-order valence-corrected chi connectivity index (χ4v) is 4.08. The minimum atomic E-state index is -4.32. The Kier molecular flexibility index (Phi) is 8.67. The zero-order valence-electron chi connectivity index (χ0n) is 16.7. The van der Waals surface area contributed by atoms with E-state index in [0.717, 1.165) is 16.8 Å². The summed E-state index contributed by atoms with van der Waals surface area (Å²) in [6.45, 7) is 0.362. The van der Waals surface area contributed by atoms with E-state index in [4.69, 9.17) is 0 Å². The highest BCUT2D eigenvalue weighted by Gasteiger charge is 2.22. The van der Waals surface area contributed by atoms with Gasteiger partial charge in [0.15, 0.2) is 31.3 Å². The molecule has 2 aromatic heterocycles. The molecule has 0 amide bonds. The molecule has 9 heteroatoms. The molecule has 32 heavy (non-hydrogen) atoms. The van der Waals surface area contributed by atoms with Gasteiger partial charge in [-0.3, -0.25) is 4.57 Å². The molecule has 0 unspecified atom stereocenters. The second-order valence-corrected chi connectivity index (χ2v) is 8.47. The lowest BCUT2D eigenvalue weighted by Gasteiger charge is -2.08. The van der Waals surface area contributed by atoms with Crippen LogP contribution < -0.4 is 39.3 Å². The van der Waals surface area contributed by atoms with Crippen LogP contribution in [-0.2, 0) is 11.1 Å². The van der Waals surface area contributed by atoms with Crippen LogP contribution in [0.15, 0.2) is 97.6 Å². The standard InChI is InChI=1S/C23H18FN2O3P.2ClH/c24-21-5-7-22(8-6-21)26-15-11-19(12-16-26)18-9-13-25(14-10-18)17-20-3-1-2-4-23(20)30(27,28)29;;/h1-16H,17H2;2*1H. The molecule has 4 rings (SSSR count). The van der Waals surface area contributed by atoms with Crippen LogP contribution in [0.1, 0.15) is 5.56 Å². The minimum absolute atomic E-state index is 0. The van der Waals surface area contributed by atoms with Crippen LogP contribution in [-0.4, -0.2) is 9.79 Å². The molecule has 2 N–H and O–H groups in total. The van der Waals surface area contributed by atoms with E-state index in [0.29, 0.717) is 12.1 Å². The van der Waals surface area contributed by atoms with Crippen molar-refractivity contribution in [1.82, 2.24) is 0 Å². The summed E-state index contributed by atoms with van der Waals surface area (Å²) in [5, 5.41) is 0.0509.